The van der Waals surface area contributed by atoms with Crippen LogP contribution in [0.25, 0.3) is 11.0 Å². The van der Waals surface area contributed by atoms with Crippen LogP contribution in [0.3, 0.4) is 0 Å². The minimum Gasteiger partial charge on any atom is -0.321 e. The first kappa shape index (κ1) is 14.1. The van der Waals surface area contributed by atoms with Gasteiger partial charge in [-0.05, 0) is 56.4 Å². The summed E-state index contributed by atoms with van der Waals surface area (Å²) < 4.78 is 16.3. The third kappa shape index (κ3) is 2.37. The standard InChI is InChI=1S/C13H15ClFIN2/c1-7(14)12-17-10-6-9(16)8(15)5-11(10)18(12)13(2,3)4/h5-7H,1-4H3. The predicted octanol–water partition coefficient (Wildman–Crippen LogP) is 4.83. The Hall–Kier alpha value is -0.360. The SMILES string of the molecule is CC(Cl)c1nc2cc(I)c(F)cc2n1C(C)(C)C. The molecule has 0 fully saturated rings. The zero-order valence-corrected chi connectivity index (χ0v) is 13.7. The quantitative estimate of drug-likeness (QED) is 0.511. The van der Waals surface area contributed by atoms with Crippen LogP contribution in [0.1, 0.15) is 38.9 Å². The molecule has 1 unspecified atom stereocenters. The Morgan fingerprint density at radius 3 is 2.50 bits per heavy atom. The summed E-state index contributed by atoms with van der Waals surface area (Å²) in [5, 5.41) is -0.211. The summed E-state index contributed by atoms with van der Waals surface area (Å²) in [7, 11) is 0. The molecule has 1 aromatic heterocycles. The van der Waals surface area contributed by atoms with Crippen molar-refractivity contribution in [2.75, 3.05) is 0 Å². The van der Waals surface area contributed by atoms with Crippen LogP contribution < -0.4 is 0 Å². The lowest BCUT2D eigenvalue weighted by atomic mass is 10.1. The maximum atomic E-state index is 13.7. The Morgan fingerprint density at radius 2 is 2.00 bits per heavy atom. The maximum Gasteiger partial charge on any atom is 0.138 e. The average molecular weight is 381 g/mol. The molecule has 0 aliphatic rings. The molecule has 18 heavy (non-hydrogen) atoms. The summed E-state index contributed by atoms with van der Waals surface area (Å²) in [5.74, 6) is 0.558. The molecule has 0 amide bonds. The lowest BCUT2D eigenvalue weighted by Gasteiger charge is -2.25. The summed E-state index contributed by atoms with van der Waals surface area (Å²) in [6.45, 7) is 8.07. The van der Waals surface area contributed by atoms with Gasteiger partial charge in [0.2, 0.25) is 0 Å². The summed E-state index contributed by atoms with van der Waals surface area (Å²) in [6, 6.07) is 3.30. The highest BCUT2D eigenvalue weighted by molar-refractivity contribution is 14.1. The number of hydrogen-bond donors (Lipinski definition) is 0. The van der Waals surface area contributed by atoms with E-state index in [1.165, 1.54) is 6.07 Å². The number of hydrogen-bond acceptors (Lipinski definition) is 1. The van der Waals surface area contributed by atoms with Gasteiger partial charge in [0.25, 0.3) is 0 Å². The Morgan fingerprint density at radius 1 is 1.39 bits per heavy atom. The Balaban J connectivity index is 2.86. The molecule has 0 radical (unpaired) electrons. The first-order valence-corrected chi connectivity index (χ1v) is 7.25. The van der Waals surface area contributed by atoms with Gasteiger partial charge in [-0.15, -0.1) is 11.6 Å². The van der Waals surface area contributed by atoms with E-state index in [0.717, 1.165) is 16.9 Å². The molecule has 0 aliphatic heterocycles. The highest BCUT2D eigenvalue weighted by atomic mass is 127. The number of nitrogens with zero attached hydrogens (tertiary/aromatic N) is 2. The Kier molecular flexibility index (Phi) is 3.62. The van der Waals surface area contributed by atoms with Crippen molar-refractivity contribution >= 4 is 45.2 Å². The first-order valence-electron chi connectivity index (χ1n) is 5.73. The summed E-state index contributed by atoms with van der Waals surface area (Å²) in [6.07, 6.45) is 0. The van der Waals surface area contributed by atoms with E-state index >= 15 is 0 Å². The molecule has 0 bridgehead atoms. The van der Waals surface area contributed by atoms with Gasteiger partial charge in [-0.1, -0.05) is 0 Å². The summed E-state index contributed by atoms with van der Waals surface area (Å²) in [5.41, 5.74) is 1.40. The van der Waals surface area contributed by atoms with Gasteiger partial charge < -0.3 is 4.57 Å². The maximum absolute atomic E-state index is 13.7. The van der Waals surface area contributed by atoms with Gasteiger partial charge in [0, 0.05) is 11.6 Å². The highest BCUT2D eigenvalue weighted by Crippen LogP contribution is 2.32. The van der Waals surface area contributed by atoms with E-state index in [1.54, 1.807) is 6.07 Å². The van der Waals surface area contributed by atoms with E-state index in [4.69, 9.17) is 11.6 Å². The molecule has 0 spiro atoms. The molecule has 5 heteroatoms. The number of aromatic nitrogens is 2. The number of alkyl halides is 1. The second kappa shape index (κ2) is 4.63. The second-order valence-corrected chi connectivity index (χ2v) is 7.16. The molecule has 1 aromatic carbocycles. The van der Waals surface area contributed by atoms with Crippen LogP contribution in [-0.2, 0) is 5.54 Å². The van der Waals surface area contributed by atoms with Crippen molar-refractivity contribution in [3.63, 3.8) is 0 Å². The third-order valence-corrected chi connectivity index (χ3v) is 3.77. The molecular weight excluding hydrogens is 366 g/mol. The molecule has 2 rings (SSSR count). The van der Waals surface area contributed by atoms with Crippen molar-refractivity contribution in [2.24, 2.45) is 0 Å². The van der Waals surface area contributed by atoms with Crippen molar-refractivity contribution in [1.82, 2.24) is 9.55 Å². The van der Waals surface area contributed by atoms with Gasteiger partial charge in [0.1, 0.15) is 11.6 Å². The van der Waals surface area contributed by atoms with Crippen molar-refractivity contribution in [3.05, 3.63) is 27.3 Å². The Labute approximate surface area is 125 Å². The van der Waals surface area contributed by atoms with Crippen LogP contribution in [0.15, 0.2) is 12.1 Å². The van der Waals surface area contributed by atoms with Crippen molar-refractivity contribution < 1.29 is 4.39 Å². The highest BCUT2D eigenvalue weighted by Gasteiger charge is 2.24. The third-order valence-electron chi connectivity index (χ3n) is 2.75. The molecule has 98 valence electrons. The van der Waals surface area contributed by atoms with Crippen molar-refractivity contribution in [2.45, 2.75) is 38.6 Å². The van der Waals surface area contributed by atoms with Gasteiger partial charge in [0.05, 0.1) is 20.0 Å². The van der Waals surface area contributed by atoms with Crippen molar-refractivity contribution in [1.29, 1.82) is 0 Å². The molecule has 1 atom stereocenters. The van der Waals surface area contributed by atoms with Crippen LogP contribution in [0.4, 0.5) is 4.39 Å². The number of benzene rings is 1. The minimum absolute atomic E-state index is 0.188. The van der Waals surface area contributed by atoms with E-state index in [2.05, 4.69) is 25.8 Å². The normalized spacial score (nSPS) is 14.2. The predicted molar refractivity (Wildman–Crippen MR) is 81.7 cm³/mol. The van der Waals surface area contributed by atoms with Gasteiger partial charge in [-0.25, -0.2) is 9.37 Å². The molecule has 2 aromatic rings. The van der Waals surface area contributed by atoms with Crippen LogP contribution in [0.5, 0.6) is 0 Å². The fourth-order valence-electron chi connectivity index (χ4n) is 2.06. The lowest BCUT2D eigenvalue weighted by molar-refractivity contribution is 0.393. The van der Waals surface area contributed by atoms with E-state index in [1.807, 2.05) is 34.1 Å². The molecule has 0 saturated carbocycles. The van der Waals surface area contributed by atoms with E-state index in [9.17, 15) is 4.39 Å². The van der Waals surface area contributed by atoms with Crippen LogP contribution in [0.2, 0.25) is 0 Å². The van der Waals surface area contributed by atoms with E-state index in [0.29, 0.717) is 3.57 Å². The zero-order chi connectivity index (χ0) is 13.7. The number of rotatable bonds is 1. The fourth-order valence-corrected chi connectivity index (χ4v) is 2.66. The summed E-state index contributed by atoms with van der Waals surface area (Å²) >= 11 is 8.16. The lowest BCUT2D eigenvalue weighted by Crippen LogP contribution is -2.24. The zero-order valence-electron chi connectivity index (χ0n) is 10.8. The topological polar surface area (TPSA) is 17.8 Å². The average Bonchev–Trinajstić information content (AvgIpc) is 2.56. The van der Waals surface area contributed by atoms with E-state index < -0.39 is 0 Å². The molecule has 2 nitrogen and oxygen atoms in total. The summed E-state index contributed by atoms with van der Waals surface area (Å²) in [4.78, 5) is 4.54. The Bertz CT molecular complexity index is 599. The molecular formula is C13H15ClFIN2. The first-order chi connectivity index (χ1) is 8.21. The van der Waals surface area contributed by atoms with Crippen molar-refractivity contribution in [3.8, 4) is 0 Å². The minimum atomic E-state index is -0.220. The van der Waals surface area contributed by atoms with Crippen LogP contribution >= 0.6 is 34.2 Å². The molecule has 0 aliphatic carbocycles. The number of fused-ring (bicyclic) bond motifs is 1. The largest absolute Gasteiger partial charge is 0.321 e. The molecule has 0 N–H and O–H groups in total. The number of imidazole rings is 1. The fraction of sp³-hybridized carbons (Fsp3) is 0.462. The second-order valence-electron chi connectivity index (χ2n) is 5.35. The van der Waals surface area contributed by atoms with Crippen LogP contribution in [0, 0.1) is 9.39 Å². The van der Waals surface area contributed by atoms with Gasteiger partial charge >= 0.3 is 0 Å². The molecule has 0 saturated heterocycles. The van der Waals surface area contributed by atoms with E-state index in [-0.39, 0.29) is 16.7 Å². The molecule has 1 heterocycles. The van der Waals surface area contributed by atoms with Gasteiger partial charge in [-0.2, -0.15) is 0 Å². The van der Waals surface area contributed by atoms with Crippen LogP contribution in [-0.4, -0.2) is 9.55 Å². The number of halogens is 3. The van der Waals surface area contributed by atoms with Gasteiger partial charge in [-0.3, -0.25) is 0 Å². The van der Waals surface area contributed by atoms with Gasteiger partial charge in [0.15, 0.2) is 0 Å². The monoisotopic (exact) mass is 380 g/mol. The smallest absolute Gasteiger partial charge is 0.138 e.